The highest BCUT2D eigenvalue weighted by molar-refractivity contribution is 7.09. The van der Waals surface area contributed by atoms with E-state index in [1.165, 1.54) is 11.5 Å². The van der Waals surface area contributed by atoms with Gasteiger partial charge in [0.15, 0.2) is 0 Å². The molecule has 1 saturated heterocycles. The molecule has 6 nitrogen and oxygen atoms in total. The second kappa shape index (κ2) is 8.66. The van der Waals surface area contributed by atoms with E-state index in [4.69, 9.17) is 21.3 Å². The Hall–Kier alpha value is -1.86. The average Bonchev–Trinajstić information content (AvgIpc) is 3.16. The number of carbonyl (C=O) groups excluding carboxylic acids is 1. The molecule has 2 heterocycles. The van der Waals surface area contributed by atoms with Gasteiger partial charge in [0.2, 0.25) is 11.0 Å². The Kier molecular flexibility index (Phi) is 6.45. The van der Waals surface area contributed by atoms with Gasteiger partial charge in [0, 0.05) is 49.5 Å². The van der Waals surface area contributed by atoms with E-state index < -0.39 is 5.41 Å². The monoisotopic (exact) mass is 422 g/mol. The van der Waals surface area contributed by atoms with Gasteiger partial charge >= 0.3 is 0 Å². The van der Waals surface area contributed by atoms with Crippen molar-refractivity contribution < 1.29 is 9.53 Å². The lowest BCUT2D eigenvalue weighted by Crippen LogP contribution is -2.57. The molecule has 2 aromatic rings. The van der Waals surface area contributed by atoms with Crippen LogP contribution in [0.2, 0.25) is 0 Å². The van der Waals surface area contributed by atoms with E-state index >= 15 is 0 Å². The van der Waals surface area contributed by atoms with E-state index in [1.807, 2.05) is 43.0 Å². The van der Waals surface area contributed by atoms with E-state index in [2.05, 4.69) is 16.2 Å². The minimum atomic E-state index is -0.537. The maximum Gasteiger partial charge on any atom is 0.229 e. The highest BCUT2D eigenvalue weighted by Gasteiger charge is 2.36. The zero-order valence-electron chi connectivity index (χ0n) is 16.8. The highest BCUT2D eigenvalue weighted by atomic mass is 35.5. The van der Waals surface area contributed by atoms with Crippen LogP contribution < -0.4 is 9.64 Å². The summed E-state index contributed by atoms with van der Waals surface area (Å²) in [7, 11) is 1.66. The third-order valence-corrected chi connectivity index (χ3v) is 6.51. The number of methoxy groups -OCH3 is 1. The van der Waals surface area contributed by atoms with Crippen molar-refractivity contribution in [3.63, 3.8) is 0 Å². The summed E-state index contributed by atoms with van der Waals surface area (Å²) in [6.45, 7) is 8.05. The van der Waals surface area contributed by atoms with Crippen LogP contribution in [0, 0.1) is 5.41 Å². The van der Waals surface area contributed by atoms with Gasteiger partial charge in [0.25, 0.3) is 0 Å². The average molecular weight is 423 g/mol. The van der Waals surface area contributed by atoms with Crippen LogP contribution in [0.5, 0.6) is 5.75 Å². The van der Waals surface area contributed by atoms with Crippen molar-refractivity contribution in [2.75, 3.05) is 37.5 Å². The summed E-state index contributed by atoms with van der Waals surface area (Å²) < 4.78 is 9.80. The van der Waals surface area contributed by atoms with E-state index in [-0.39, 0.29) is 11.9 Å². The first-order chi connectivity index (χ1) is 13.3. The van der Waals surface area contributed by atoms with Crippen molar-refractivity contribution in [3.8, 4) is 5.75 Å². The third-order valence-electron chi connectivity index (χ3n) is 5.03. The second-order valence-electron chi connectivity index (χ2n) is 7.83. The Morgan fingerprint density at radius 1 is 1.39 bits per heavy atom. The molecule has 1 aliphatic rings. The molecule has 0 N–H and O–H groups in total. The number of nitrogens with zero attached hydrogens (tertiary/aromatic N) is 4. The molecule has 152 valence electrons. The molecule has 0 aliphatic carbocycles. The topological polar surface area (TPSA) is 58.6 Å². The Labute approximate surface area is 175 Å². The number of carbonyl (C=O) groups is 1. The van der Waals surface area contributed by atoms with E-state index in [1.54, 1.807) is 7.11 Å². The van der Waals surface area contributed by atoms with E-state index in [0.29, 0.717) is 18.8 Å². The summed E-state index contributed by atoms with van der Waals surface area (Å²) in [5.74, 6) is 2.08. The molecule has 1 amide bonds. The Bertz CT molecular complexity index is 826. The third kappa shape index (κ3) is 4.58. The van der Waals surface area contributed by atoms with Crippen LogP contribution in [0.4, 0.5) is 5.13 Å². The molecule has 0 saturated carbocycles. The SMILES string of the molecule is COc1cccc(Cc2nsc(N3CCN(C(=O)C(C)(C)CCl)[C@H](C)C3)n2)c1. The summed E-state index contributed by atoms with van der Waals surface area (Å²) in [6.07, 6.45) is 0.672. The molecule has 1 fully saturated rings. The minimum Gasteiger partial charge on any atom is -0.497 e. The van der Waals surface area contributed by atoms with Crippen molar-refractivity contribution in [2.24, 2.45) is 5.41 Å². The first kappa shape index (κ1) is 20.9. The summed E-state index contributed by atoms with van der Waals surface area (Å²) in [6, 6.07) is 8.06. The van der Waals surface area contributed by atoms with Crippen LogP contribution >= 0.6 is 23.1 Å². The zero-order chi connectivity index (χ0) is 20.3. The molecular formula is C20H27ClN4O2S. The molecule has 0 unspecified atom stereocenters. The number of hydrogen-bond donors (Lipinski definition) is 0. The van der Waals surface area contributed by atoms with Crippen molar-refractivity contribution >= 4 is 34.2 Å². The summed E-state index contributed by atoms with van der Waals surface area (Å²) in [4.78, 5) is 21.6. The molecule has 0 spiro atoms. The number of ether oxygens (including phenoxy) is 1. The molecule has 0 radical (unpaired) electrons. The fourth-order valence-electron chi connectivity index (χ4n) is 3.29. The number of halogens is 1. The molecular weight excluding hydrogens is 396 g/mol. The maximum absolute atomic E-state index is 12.8. The standard InChI is InChI=1S/C20H27ClN4O2S/c1-14-12-24(8-9-25(14)18(26)20(2,3)13-21)19-22-17(23-28-19)11-15-6-5-7-16(10-15)27-4/h5-7,10,14H,8-9,11-13H2,1-4H3/t14-/m1/s1. The molecule has 8 heteroatoms. The van der Waals surface area contributed by atoms with Crippen LogP contribution in [-0.2, 0) is 11.2 Å². The van der Waals surface area contributed by atoms with E-state index in [0.717, 1.165) is 35.4 Å². The number of piperazine rings is 1. The van der Waals surface area contributed by atoms with Gasteiger partial charge in [-0.05, 0) is 38.5 Å². The van der Waals surface area contributed by atoms with Crippen molar-refractivity contribution in [1.29, 1.82) is 0 Å². The summed E-state index contributed by atoms with van der Waals surface area (Å²) >= 11 is 7.40. The molecule has 28 heavy (non-hydrogen) atoms. The number of rotatable bonds is 6. The normalized spacial score (nSPS) is 17.7. The van der Waals surface area contributed by atoms with Crippen LogP contribution in [0.15, 0.2) is 24.3 Å². The fraction of sp³-hybridized carbons (Fsp3) is 0.550. The Balaban J connectivity index is 1.64. The van der Waals surface area contributed by atoms with E-state index in [9.17, 15) is 4.79 Å². The zero-order valence-corrected chi connectivity index (χ0v) is 18.4. The van der Waals surface area contributed by atoms with Crippen molar-refractivity contribution in [2.45, 2.75) is 33.2 Å². The van der Waals surface area contributed by atoms with Crippen LogP contribution in [-0.4, -0.2) is 58.8 Å². The van der Waals surface area contributed by atoms with Gasteiger partial charge in [-0.25, -0.2) is 4.98 Å². The minimum absolute atomic E-state index is 0.106. The number of aromatic nitrogens is 2. The lowest BCUT2D eigenvalue weighted by Gasteiger charge is -2.42. The Morgan fingerprint density at radius 2 is 2.18 bits per heavy atom. The van der Waals surface area contributed by atoms with Gasteiger partial charge in [0.1, 0.15) is 11.6 Å². The largest absolute Gasteiger partial charge is 0.497 e. The highest BCUT2D eigenvalue weighted by Crippen LogP contribution is 2.27. The first-order valence-electron chi connectivity index (χ1n) is 9.41. The smallest absolute Gasteiger partial charge is 0.229 e. The van der Waals surface area contributed by atoms with Gasteiger partial charge in [0.05, 0.1) is 12.5 Å². The van der Waals surface area contributed by atoms with Gasteiger partial charge in [-0.2, -0.15) is 4.37 Å². The van der Waals surface area contributed by atoms with Crippen molar-refractivity contribution in [1.82, 2.24) is 14.3 Å². The van der Waals surface area contributed by atoms with Crippen LogP contribution in [0.3, 0.4) is 0 Å². The lowest BCUT2D eigenvalue weighted by molar-refractivity contribution is -0.141. The summed E-state index contributed by atoms with van der Waals surface area (Å²) in [5.41, 5.74) is 0.584. The lowest BCUT2D eigenvalue weighted by atomic mass is 9.93. The van der Waals surface area contributed by atoms with Crippen molar-refractivity contribution in [3.05, 3.63) is 35.7 Å². The summed E-state index contributed by atoms with van der Waals surface area (Å²) in [5, 5.41) is 0.911. The number of alkyl halides is 1. The second-order valence-corrected chi connectivity index (χ2v) is 8.83. The van der Waals surface area contributed by atoms with Gasteiger partial charge in [-0.1, -0.05) is 12.1 Å². The Morgan fingerprint density at radius 3 is 2.86 bits per heavy atom. The number of anilines is 1. The molecule has 1 aromatic carbocycles. The number of benzene rings is 1. The predicted molar refractivity (Wildman–Crippen MR) is 114 cm³/mol. The van der Waals surface area contributed by atoms with Gasteiger partial charge in [-0.3, -0.25) is 4.79 Å². The van der Waals surface area contributed by atoms with Gasteiger partial charge < -0.3 is 14.5 Å². The number of hydrogen-bond acceptors (Lipinski definition) is 6. The predicted octanol–water partition coefficient (Wildman–Crippen LogP) is 3.44. The molecule has 1 aromatic heterocycles. The van der Waals surface area contributed by atoms with Crippen LogP contribution in [0.1, 0.15) is 32.2 Å². The maximum atomic E-state index is 12.8. The number of amides is 1. The first-order valence-corrected chi connectivity index (χ1v) is 10.7. The fourth-order valence-corrected chi connectivity index (χ4v) is 4.12. The molecule has 0 bridgehead atoms. The quantitative estimate of drug-likeness (QED) is 0.667. The molecule has 3 rings (SSSR count). The molecule has 1 atom stereocenters. The molecule has 1 aliphatic heterocycles. The van der Waals surface area contributed by atoms with Crippen LogP contribution in [0.25, 0.3) is 0 Å². The van der Waals surface area contributed by atoms with Gasteiger partial charge in [-0.15, -0.1) is 11.6 Å².